The Morgan fingerprint density at radius 1 is 0.758 bits per heavy atom. The predicted octanol–water partition coefficient (Wildman–Crippen LogP) is 2.54. The van der Waals surface area contributed by atoms with E-state index in [4.69, 9.17) is 11.7 Å². The van der Waals surface area contributed by atoms with Gasteiger partial charge in [0.1, 0.15) is 0 Å². The minimum Gasteiger partial charge on any atom is -0.207 e. The quantitative estimate of drug-likeness (QED) is 0.511. The molecule has 7 nitrogen and oxygen atoms in total. The van der Waals surface area contributed by atoms with Crippen LogP contribution < -0.4 is 0 Å². The van der Waals surface area contributed by atoms with Crippen LogP contribution in [0, 0.1) is 49.4 Å². The van der Waals surface area contributed by atoms with Crippen LogP contribution >= 0.6 is 0 Å². The Hall–Kier alpha value is -3.13. The van der Waals surface area contributed by atoms with Crippen LogP contribution in [0.1, 0.15) is 17.5 Å². The summed E-state index contributed by atoms with van der Waals surface area (Å²) in [6.45, 7) is 3.11. The molecule has 2 aromatic carbocycles. The molecular formula is C24H25N3O4S2. The van der Waals surface area contributed by atoms with Gasteiger partial charge in [0.15, 0.2) is 0 Å². The van der Waals surface area contributed by atoms with Crippen LogP contribution in [0.2, 0.25) is 0 Å². The van der Waals surface area contributed by atoms with Gasteiger partial charge in [-0.05, 0) is 38.1 Å². The summed E-state index contributed by atoms with van der Waals surface area (Å²) in [5.74, 6) is 7.74. The second kappa shape index (κ2) is 11.7. The van der Waals surface area contributed by atoms with E-state index in [0.717, 1.165) is 19.7 Å². The highest BCUT2D eigenvalue weighted by Crippen LogP contribution is 2.17. The molecule has 9 heteroatoms. The summed E-state index contributed by atoms with van der Waals surface area (Å²) in [6.07, 6.45) is 5.34. The Balaban J connectivity index is 2.22. The van der Waals surface area contributed by atoms with Crippen LogP contribution in [-0.4, -0.2) is 51.6 Å². The molecule has 0 radical (unpaired) electrons. The van der Waals surface area contributed by atoms with Crippen molar-refractivity contribution in [3.63, 3.8) is 0 Å². The predicted molar refractivity (Wildman–Crippen MR) is 127 cm³/mol. The molecule has 0 N–H and O–H groups in total. The summed E-state index contributed by atoms with van der Waals surface area (Å²) < 4.78 is 53.9. The van der Waals surface area contributed by atoms with Crippen molar-refractivity contribution in [3.8, 4) is 30.3 Å². The van der Waals surface area contributed by atoms with Gasteiger partial charge < -0.3 is 0 Å². The average molecular weight is 484 g/mol. The molecule has 0 aliphatic carbocycles. The number of terminal acetylenes is 1. The van der Waals surface area contributed by atoms with Crippen molar-refractivity contribution in [1.82, 2.24) is 8.61 Å². The minimum absolute atomic E-state index is 0.00219. The van der Waals surface area contributed by atoms with Crippen molar-refractivity contribution < 1.29 is 16.8 Å². The van der Waals surface area contributed by atoms with Crippen molar-refractivity contribution in [2.75, 3.05) is 26.2 Å². The van der Waals surface area contributed by atoms with E-state index in [2.05, 4.69) is 17.8 Å². The maximum atomic E-state index is 13.0. The number of sulfonamides is 2. The molecule has 0 unspecified atom stereocenters. The molecule has 0 heterocycles. The molecular weight excluding hydrogens is 458 g/mol. The highest BCUT2D eigenvalue weighted by atomic mass is 32.2. The number of nitriles is 1. The monoisotopic (exact) mass is 483 g/mol. The van der Waals surface area contributed by atoms with Crippen molar-refractivity contribution >= 4 is 20.0 Å². The Bertz CT molecular complexity index is 1310. The van der Waals surface area contributed by atoms with Crippen molar-refractivity contribution in [2.24, 2.45) is 0 Å². The van der Waals surface area contributed by atoms with Gasteiger partial charge in [0.2, 0.25) is 20.0 Å². The lowest BCUT2D eigenvalue weighted by Gasteiger charge is -2.19. The van der Waals surface area contributed by atoms with E-state index in [0.29, 0.717) is 0 Å². The molecule has 172 valence electrons. The molecule has 0 aliphatic rings. The molecule has 0 bridgehead atoms. The van der Waals surface area contributed by atoms with E-state index in [1.54, 1.807) is 24.3 Å². The Kier molecular flexibility index (Phi) is 9.22. The van der Waals surface area contributed by atoms with Gasteiger partial charge in [-0.1, -0.05) is 53.2 Å². The largest absolute Gasteiger partial charge is 0.244 e. The fraction of sp³-hybridized carbons (Fsp3) is 0.292. The Morgan fingerprint density at radius 3 is 1.61 bits per heavy atom. The molecule has 0 aliphatic heterocycles. The van der Waals surface area contributed by atoms with E-state index in [1.807, 2.05) is 19.9 Å². The van der Waals surface area contributed by atoms with Crippen LogP contribution in [0.4, 0.5) is 0 Å². The second-order valence-corrected chi connectivity index (χ2v) is 11.1. The number of nitrogens with zero attached hydrogens (tertiary/aromatic N) is 3. The maximum absolute atomic E-state index is 13.0. The molecule has 0 amide bonds. The lowest BCUT2D eigenvalue weighted by Crippen LogP contribution is -2.33. The smallest absolute Gasteiger partial charge is 0.207 e. The highest BCUT2D eigenvalue weighted by molar-refractivity contribution is 7.89. The summed E-state index contributed by atoms with van der Waals surface area (Å²) in [4.78, 5) is 0.200. The van der Waals surface area contributed by atoms with E-state index in [1.165, 1.54) is 24.3 Å². The van der Waals surface area contributed by atoms with Gasteiger partial charge in [-0.25, -0.2) is 16.8 Å². The molecule has 2 rings (SSSR count). The van der Waals surface area contributed by atoms with Crippen LogP contribution in [0.5, 0.6) is 0 Å². The average Bonchev–Trinajstić information content (AvgIpc) is 2.78. The summed E-state index contributed by atoms with van der Waals surface area (Å²) in [7, 11) is -7.72. The van der Waals surface area contributed by atoms with Gasteiger partial charge in [0.05, 0.1) is 35.5 Å². The number of rotatable bonds is 9. The Morgan fingerprint density at radius 2 is 1.18 bits per heavy atom. The SMILES string of the molecule is C#CCN(CC#CCN(CCC#N)S(=O)(=O)c1ccc(C)cc1)S(=O)(=O)c1ccc(C)cc1. The van der Waals surface area contributed by atoms with Gasteiger partial charge in [0, 0.05) is 13.0 Å². The summed E-state index contributed by atoms with van der Waals surface area (Å²) in [5, 5.41) is 8.91. The van der Waals surface area contributed by atoms with Gasteiger partial charge in [0.25, 0.3) is 0 Å². The minimum atomic E-state index is -3.86. The van der Waals surface area contributed by atoms with Crippen LogP contribution in [0.3, 0.4) is 0 Å². The molecule has 0 aromatic heterocycles. The number of hydrogen-bond acceptors (Lipinski definition) is 5. The molecule has 0 spiro atoms. The number of hydrogen-bond donors (Lipinski definition) is 0. The first-order chi connectivity index (χ1) is 15.6. The standard InChI is InChI=1S/C24H25N3O4S2/c1-4-17-26(32(28,29)23-12-8-21(2)9-13-23)18-5-6-19-27(20-7-16-25)33(30,31)24-14-10-22(3)11-15-24/h1,8-15H,7,17-20H2,2-3H3. The van der Waals surface area contributed by atoms with E-state index in [-0.39, 0.29) is 42.4 Å². The van der Waals surface area contributed by atoms with Gasteiger partial charge >= 0.3 is 0 Å². The van der Waals surface area contributed by atoms with Crippen molar-refractivity contribution in [3.05, 3.63) is 59.7 Å². The molecule has 0 saturated carbocycles. The third kappa shape index (κ3) is 6.92. The zero-order chi connectivity index (χ0) is 24.5. The summed E-state index contributed by atoms with van der Waals surface area (Å²) in [5.41, 5.74) is 1.84. The highest BCUT2D eigenvalue weighted by Gasteiger charge is 2.24. The molecule has 0 saturated heterocycles. The van der Waals surface area contributed by atoms with Gasteiger partial charge in [-0.2, -0.15) is 13.9 Å². The van der Waals surface area contributed by atoms with E-state index in [9.17, 15) is 16.8 Å². The van der Waals surface area contributed by atoms with Crippen molar-refractivity contribution in [2.45, 2.75) is 30.1 Å². The van der Waals surface area contributed by atoms with Gasteiger partial charge in [-0.15, -0.1) is 6.42 Å². The zero-order valence-electron chi connectivity index (χ0n) is 18.5. The third-order valence-corrected chi connectivity index (χ3v) is 8.36. The van der Waals surface area contributed by atoms with Crippen LogP contribution in [0.25, 0.3) is 0 Å². The van der Waals surface area contributed by atoms with E-state index < -0.39 is 20.0 Å². The topological polar surface area (TPSA) is 98.5 Å². The normalized spacial score (nSPS) is 11.5. The lowest BCUT2D eigenvalue weighted by molar-refractivity contribution is 0.452. The fourth-order valence-corrected chi connectivity index (χ4v) is 5.39. The van der Waals surface area contributed by atoms with Crippen LogP contribution in [-0.2, 0) is 20.0 Å². The lowest BCUT2D eigenvalue weighted by atomic mass is 10.2. The third-order valence-electron chi connectivity index (χ3n) is 4.69. The van der Waals surface area contributed by atoms with Crippen molar-refractivity contribution in [1.29, 1.82) is 5.26 Å². The number of benzene rings is 2. The zero-order valence-corrected chi connectivity index (χ0v) is 20.2. The maximum Gasteiger partial charge on any atom is 0.244 e. The van der Waals surface area contributed by atoms with Crippen LogP contribution in [0.15, 0.2) is 58.3 Å². The van der Waals surface area contributed by atoms with Gasteiger partial charge in [-0.3, -0.25) is 0 Å². The first-order valence-corrected chi connectivity index (χ1v) is 12.9. The second-order valence-electron chi connectivity index (χ2n) is 7.20. The summed E-state index contributed by atoms with van der Waals surface area (Å²) >= 11 is 0. The molecule has 2 aromatic rings. The number of aryl methyl sites for hydroxylation is 2. The fourth-order valence-electron chi connectivity index (χ4n) is 2.79. The summed E-state index contributed by atoms with van der Waals surface area (Å²) in [6, 6.07) is 14.7. The molecule has 0 fully saturated rings. The molecule has 0 atom stereocenters. The Labute approximate surface area is 196 Å². The van der Waals surface area contributed by atoms with E-state index >= 15 is 0 Å². The molecule has 33 heavy (non-hydrogen) atoms. The first kappa shape index (κ1) is 26.1. The first-order valence-electron chi connectivity index (χ1n) is 10.0.